The van der Waals surface area contributed by atoms with Crippen LogP contribution in [-0.4, -0.2) is 34.3 Å². The number of aryl methyl sites for hydroxylation is 1. The number of carbonyl (C=O) groups excluding carboxylic acids is 2. The van der Waals surface area contributed by atoms with Gasteiger partial charge in [-0.15, -0.1) is 11.3 Å². The monoisotopic (exact) mass is 470 g/mol. The highest BCUT2D eigenvalue weighted by Crippen LogP contribution is 2.54. The Morgan fingerprint density at radius 3 is 2.55 bits per heavy atom. The summed E-state index contributed by atoms with van der Waals surface area (Å²) in [4.78, 5) is 32.4. The fourth-order valence-electron chi connectivity index (χ4n) is 4.22. The summed E-state index contributed by atoms with van der Waals surface area (Å²) in [7, 11) is 1.48. The van der Waals surface area contributed by atoms with E-state index in [1.165, 1.54) is 35.1 Å². The van der Waals surface area contributed by atoms with Crippen molar-refractivity contribution in [1.29, 1.82) is 0 Å². The number of fused-ring (bicyclic) bond motifs is 2. The third-order valence-electron chi connectivity index (χ3n) is 5.68. The number of imide groups is 1. The SMILES string of the molecule is COc1ccc([C@@H]2c3sc(=S)[nH]c3S[C@@H]3C(=O)N(c4ccc(C)cc4)C(=O)[C@H]23)cc1O. The summed E-state index contributed by atoms with van der Waals surface area (Å²) < 4.78 is 5.76. The molecule has 31 heavy (non-hydrogen) atoms. The lowest BCUT2D eigenvalue weighted by Crippen LogP contribution is -2.32. The molecule has 2 aliphatic heterocycles. The molecule has 1 saturated heterocycles. The van der Waals surface area contributed by atoms with Gasteiger partial charge in [0.05, 0.1) is 23.7 Å². The van der Waals surface area contributed by atoms with Crippen molar-refractivity contribution in [2.24, 2.45) is 5.92 Å². The number of carbonyl (C=O) groups is 2. The second-order valence-corrected chi connectivity index (χ2v) is 10.4. The molecule has 0 spiro atoms. The molecule has 3 atom stereocenters. The van der Waals surface area contributed by atoms with Crippen molar-refractivity contribution in [2.45, 2.75) is 23.1 Å². The highest BCUT2D eigenvalue weighted by molar-refractivity contribution is 8.01. The number of ether oxygens (including phenoxy) is 1. The molecule has 0 unspecified atom stereocenters. The molecule has 2 N–H and O–H groups in total. The largest absolute Gasteiger partial charge is 0.504 e. The maximum absolute atomic E-state index is 13.6. The van der Waals surface area contributed by atoms with Gasteiger partial charge in [-0.25, -0.2) is 4.90 Å². The lowest BCUT2D eigenvalue weighted by molar-refractivity contribution is -0.122. The summed E-state index contributed by atoms with van der Waals surface area (Å²) in [6.07, 6.45) is 0. The zero-order chi connectivity index (χ0) is 21.9. The standard InChI is InChI=1S/C22H18N2O4S3/c1-10-3-6-12(7-4-10)24-20(26)16-15(11-5-8-14(28-2)13(25)9-11)17-19(23-22(29)31-17)30-18(16)21(24)27/h3-9,15-16,18,25H,1-2H3,(H,23,29)/t15-,16+,18-/m0/s1. The topological polar surface area (TPSA) is 82.6 Å². The summed E-state index contributed by atoms with van der Waals surface area (Å²) in [6.45, 7) is 1.96. The van der Waals surface area contributed by atoms with E-state index < -0.39 is 17.1 Å². The first-order valence-corrected chi connectivity index (χ1v) is 11.7. The molecule has 158 valence electrons. The molecule has 2 aromatic carbocycles. The Balaban J connectivity index is 1.65. The Morgan fingerprint density at radius 2 is 1.87 bits per heavy atom. The smallest absolute Gasteiger partial charge is 0.248 e. The minimum Gasteiger partial charge on any atom is -0.504 e. The molecule has 3 heterocycles. The number of phenolic OH excluding ortho intramolecular Hbond substituents is 1. The first-order chi connectivity index (χ1) is 14.9. The van der Waals surface area contributed by atoms with E-state index in [1.807, 2.05) is 25.1 Å². The lowest BCUT2D eigenvalue weighted by Gasteiger charge is -2.30. The number of methoxy groups -OCH3 is 1. The number of aromatic nitrogens is 1. The van der Waals surface area contributed by atoms with E-state index in [1.54, 1.807) is 24.3 Å². The molecule has 0 bridgehead atoms. The molecule has 5 rings (SSSR count). The van der Waals surface area contributed by atoms with E-state index in [9.17, 15) is 14.7 Å². The number of nitrogens with zero attached hydrogens (tertiary/aromatic N) is 1. The molecule has 0 aliphatic carbocycles. The van der Waals surface area contributed by atoms with Gasteiger partial charge in [0.25, 0.3) is 0 Å². The van der Waals surface area contributed by atoms with Crippen LogP contribution in [0.25, 0.3) is 0 Å². The predicted molar refractivity (Wildman–Crippen MR) is 123 cm³/mol. The number of hydrogen-bond acceptors (Lipinski definition) is 7. The summed E-state index contributed by atoms with van der Waals surface area (Å²) in [5, 5.41) is 10.6. The van der Waals surface area contributed by atoms with Crippen molar-refractivity contribution < 1.29 is 19.4 Å². The third-order valence-corrected chi connectivity index (χ3v) is 8.43. The average molecular weight is 471 g/mol. The quantitative estimate of drug-likeness (QED) is 0.429. The number of benzene rings is 2. The lowest BCUT2D eigenvalue weighted by atomic mass is 9.83. The normalized spacial score (nSPS) is 22.4. The zero-order valence-electron chi connectivity index (χ0n) is 16.6. The van der Waals surface area contributed by atoms with Crippen LogP contribution in [0.15, 0.2) is 47.5 Å². The van der Waals surface area contributed by atoms with Crippen LogP contribution in [-0.2, 0) is 9.59 Å². The number of nitrogens with one attached hydrogen (secondary N) is 1. The van der Waals surface area contributed by atoms with Gasteiger partial charge in [-0.2, -0.15) is 0 Å². The molecular formula is C22H18N2O4S3. The van der Waals surface area contributed by atoms with Crippen LogP contribution in [0, 0.1) is 16.8 Å². The molecule has 1 aromatic heterocycles. The zero-order valence-corrected chi connectivity index (χ0v) is 19.1. The summed E-state index contributed by atoms with van der Waals surface area (Å²) in [5.41, 5.74) is 2.37. The number of rotatable bonds is 3. The molecule has 2 amide bonds. The minimum absolute atomic E-state index is 0.0115. The second-order valence-electron chi connectivity index (χ2n) is 7.53. The second kappa shape index (κ2) is 7.51. The molecule has 2 aliphatic rings. The van der Waals surface area contributed by atoms with Gasteiger partial charge in [0.1, 0.15) is 5.25 Å². The fourth-order valence-corrected chi connectivity index (χ4v) is 7.19. The van der Waals surface area contributed by atoms with Crippen molar-refractivity contribution in [2.75, 3.05) is 12.0 Å². The highest BCUT2D eigenvalue weighted by atomic mass is 32.2. The number of H-pyrrole nitrogens is 1. The summed E-state index contributed by atoms with van der Waals surface area (Å²) in [6, 6.07) is 12.5. The number of anilines is 1. The van der Waals surface area contributed by atoms with Gasteiger partial charge in [0.15, 0.2) is 15.5 Å². The maximum Gasteiger partial charge on any atom is 0.248 e. The van der Waals surface area contributed by atoms with Crippen LogP contribution in [0.3, 0.4) is 0 Å². The highest BCUT2D eigenvalue weighted by Gasteiger charge is 2.56. The Kier molecular flexibility index (Phi) is 4.91. The van der Waals surface area contributed by atoms with E-state index in [-0.39, 0.29) is 17.6 Å². The van der Waals surface area contributed by atoms with Crippen molar-refractivity contribution >= 4 is 52.8 Å². The Labute approximate surface area is 191 Å². The van der Waals surface area contributed by atoms with E-state index in [4.69, 9.17) is 17.0 Å². The van der Waals surface area contributed by atoms with Gasteiger partial charge in [0.2, 0.25) is 11.8 Å². The van der Waals surface area contributed by atoms with Crippen LogP contribution in [0.2, 0.25) is 0 Å². The van der Waals surface area contributed by atoms with Crippen molar-refractivity contribution in [3.63, 3.8) is 0 Å². The molecule has 1 fully saturated rings. The van der Waals surface area contributed by atoms with E-state index in [0.29, 0.717) is 15.4 Å². The molecule has 0 radical (unpaired) electrons. The van der Waals surface area contributed by atoms with Crippen molar-refractivity contribution in [1.82, 2.24) is 4.98 Å². The first-order valence-electron chi connectivity index (χ1n) is 9.60. The molecule has 9 heteroatoms. The number of thiazole rings is 1. The summed E-state index contributed by atoms with van der Waals surface area (Å²) >= 11 is 8.12. The number of aromatic hydroxyl groups is 1. The molecule has 3 aromatic rings. The minimum atomic E-state index is -0.597. The van der Waals surface area contributed by atoms with Crippen molar-refractivity contribution in [3.05, 3.63) is 62.4 Å². The Hall–Kier alpha value is -2.62. The molecule has 0 saturated carbocycles. The van der Waals surface area contributed by atoms with E-state index in [0.717, 1.165) is 21.0 Å². The maximum atomic E-state index is 13.6. The number of phenols is 1. The number of amides is 2. The fraction of sp³-hybridized carbons (Fsp3) is 0.227. The van der Waals surface area contributed by atoms with Gasteiger partial charge in [-0.05, 0) is 49.0 Å². The Morgan fingerprint density at radius 1 is 1.13 bits per heavy atom. The van der Waals surface area contributed by atoms with Gasteiger partial charge in [0, 0.05) is 10.8 Å². The van der Waals surface area contributed by atoms with Crippen LogP contribution >= 0.6 is 35.3 Å². The summed E-state index contributed by atoms with van der Waals surface area (Å²) in [5.74, 6) is -1.13. The van der Waals surface area contributed by atoms with Crippen LogP contribution in [0.4, 0.5) is 5.69 Å². The average Bonchev–Trinajstić information content (AvgIpc) is 3.23. The van der Waals surface area contributed by atoms with Crippen LogP contribution in [0.5, 0.6) is 11.5 Å². The number of thioether (sulfide) groups is 1. The van der Waals surface area contributed by atoms with Crippen LogP contribution < -0.4 is 9.64 Å². The third kappa shape index (κ3) is 3.19. The number of hydrogen-bond donors (Lipinski definition) is 2. The van der Waals surface area contributed by atoms with E-state index >= 15 is 0 Å². The van der Waals surface area contributed by atoms with E-state index in [2.05, 4.69) is 4.98 Å². The molecule has 6 nitrogen and oxygen atoms in total. The van der Waals surface area contributed by atoms with Gasteiger partial charge >= 0.3 is 0 Å². The van der Waals surface area contributed by atoms with Gasteiger partial charge in [-0.3, -0.25) is 9.59 Å². The predicted octanol–water partition coefficient (Wildman–Crippen LogP) is 4.62. The Bertz CT molecular complexity index is 1260. The van der Waals surface area contributed by atoms with Gasteiger partial charge in [-0.1, -0.05) is 35.5 Å². The van der Waals surface area contributed by atoms with Crippen LogP contribution in [0.1, 0.15) is 21.9 Å². The number of aromatic amines is 1. The van der Waals surface area contributed by atoms with Crippen molar-refractivity contribution in [3.8, 4) is 11.5 Å². The first kappa shape index (κ1) is 20.3. The van der Waals surface area contributed by atoms with Gasteiger partial charge < -0.3 is 14.8 Å². The molecular weight excluding hydrogens is 452 g/mol.